The number of nitrogens with one attached hydrogen (secondary N) is 1. The van der Waals surface area contributed by atoms with Crippen LogP contribution >= 0.6 is 22.6 Å². The molecular formula is C10H10INO3. The van der Waals surface area contributed by atoms with Crippen molar-refractivity contribution in [3.63, 3.8) is 0 Å². The number of aliphatic carboxylic acids is 1. The fraction of sp³-hybridized carbons (Fsp3) is 0.200. The van der Waals surface area contributed by atoms with Gasteiger partial charge < -0.3 is 10.4 Å². The number of amides is 1. The Hall–Kier alpha value is -1.11. The van der Waals surface area contributed by atoms with Gasteiger partial charge in [0, 0.05) is 9.26 Å². The number of halogens is 1. The van der Waals surface area contributed by atoms with Gasteiger partial charge in [0.25, 0.3) is 0 Å². The van der Waals surface area contributed by atoms with E-state index in [1.54, 1.807) is 12.1 Å². The van der Waals surface area contributed by atoms with Crippen molar-refractivity contribution in [2.24, 2.45) is 5.92 Å². The van der Waals surface area contributed by atoms with Gasteiger partial charge in [0.2, 0.25) is 5.91 Å². The Balaban J connectivity index is 2.66. The second-order valence-electron chi connectivity index (χ2n) is 3.06. The number of carboxylic acids is 1. The van der Waals surface area contributed by atoms with Gasteiger partial charge in [0.05, 0.1) is 0 Å². The Morgan fingerprint density at radius 3 is 2.33 bits per heavy atom. The van der Waals surface area contributed by atoms with Crippen LogP contribution in [0.1, 0.15) is 6.92 Å². The molecule has 1 atom stereocenters. The molecule has 0 aliphatic carbocycles. The topological polar surface area (TPSA) is 66.4 Å². The number of hydrogen-bond acceptors (Lipinski definition) is 2. The summed E-state index contributed by atoms with van der Waals surface area (Å²) in [5.41, 5.74) is 0.605. The normalized spacial score (nSPS) is 11.9. The van der Waals surface area contributed by atoms with Crippen molar-refractivity contribution in [1.82, 2.24) is 0 Å². The summed E-state index contributed by atoms with van der Waals surface area (Å²) in [7, 11) is 0. The smallest absolute Gasteiger partial charge is 0.315 e. The van der Waals surface area contributed by atoms with Gasteiger partial charge in [0.15, 0.2) is 0 Å². The van der Waals surface area contributed by atoms with Gasteiger partial charge in [-0.15, -0.1) is 0 Å². The second-order valence-corrected chi connectivity index (χ2v) is 4.30. The van der Waals surface area contributed by atoms with E-state index in [1.165, 1.54) is 6.92 Å². The van der Waals surface area contributed by atoms with Gasteiger partial charge in [-0.1, -0.05) is 0 Å². The van der Waals surface area contributed by atoms with E-state index in [0.717, 1.165) is 3.57 Å². The van der Waals surface area contributed by atoms with Gasteiger partial charge in [0.1, 0.15) is 5.92 Å². The van der Waals surface area contributed by atoms with E-state index in [4.69, 9.17) is 5.11 Å². The number of hydrogen-bond donors (Lipinski definition) is 2. The Morgan fingerprint density at radius 1 is 1.33 bits per heavy atom. The molecule has 15 heavy (non-hydrogen) atoms. The van der Waals surface area contributed by atoms with E-state index in [9.17, 15) is 9.59 Å². The summed E-state index contributed by atoms with van der Waals surface area (Å²) < 4.78 is 1.05. The molecule has 0 heterocycles. The highest BCUT2D eigenvalue weighted by molar-refractivity contribution is 14.1. The summed E-state index contributed by atoms with van der Waals surface area (Å²) in [6.45, 7) is 1.35. The lowest BCUT2D eigenvalue weighted by Gasteiger charge is -2.07. The first-order valence-electron chi connectivity index (χ1n) is 4.30. The van der Waals surface area contributed by atoms with E-state index in [1.807, 2.05) is 12.1 Å². The maximum absolute atomic E-state index is 11.3. The number of anilines is 1. The second kappa shape index (κ2) is 5.11. The van der Waals surface area contributed by atoms with Crippen LogP contribution in [0, 0.1) is 9.49 Å². The summed E-state index contributed by atoms with van der Waals surface area (Å²) in [5, 5.41) is 11.1. The lowest BCUT2D eigenvalue weighted by atomic mass is 10.1. The van der Waals surface area contributed by atoms with Gasteiger partial charge in [-0.2, -0.15) is 0 Å². The molecule has 4 nitrogen and oxygen atoms in total. The zero-order valence-corrected chi connectivity index (χ0v) is 10.2. The number of carbonyl (C=O) groups is 2. The van der Waals surface area contributed by atoms with Crippen LogP contribution < -0.4 is 5.32 Å². The highest BCUT2D eigenvalue weighted by atomic mass is 127. The molecule has 1 rings (SSSR count). The van der Waals surface area contributed by atoms with E-state index in [2.05, 4.69) is 27.9 Å². The van der Waals surface area contributed by atoms with Crippen molar-refractivity contribution in [1.29, 1.82) is 0 Å². The summed E-state index contributed by atoms with van der Waals surface area (Å²) in [5.74, 6) is -2.68. The molecule has 1 amide bonds. The van der Waals surface area contributed by atoms with Crippen LogP contribution in [0.25, 0.3) is 0 Å². The maximum atomic E-state index is 11.3. The molecular weight excluding hydrogens is 309 g/mol. The SMILES string of the molecule is CC(C(=O)O)C(=O)Nc1ccc(I)cc1. The van der Waals surface area contributed by atoms with E-state index in [-0.39, 0.29) is 0 Å². The van der Waals surface area contributed by atoms with Gasteiger partial charge >= 0.3 is 5.97 Å². The molecule has 80 valence electrons. The Kier molecular flexibility index (Phi) is 4.07. The molecule has 0 saturated heterocycles. The standard InChI is InChI=1S/C10H10INO3/c1-6(10(14)15)9(13)12-8-4-2-7(11)3-5-8/h2-6H,1H3,(H,12,13)(H,14,15). The minimum Gasteiger partial charge on any atom is -0.481 e. The molecule has 2 N–H and O–H groups in total. The van der Waals surface area contributed by atoms with Crippen molar-refractivity contribution in [2.45, 2.75) is 6.92 Å². The highest BCUT2D eigenvalue weighted by Crippen LogP contribution is 2.12. The van der Waals surface area contributed by atoms with E-state index in [0.29, 0.717) is 5.69 Å². The zero-order chi connectivity index (χ0) is 11.4. The molecule has 0 aliphatic heterocycles. The molecule has 0 saturated carbocycles. The number of carboxylic acid groups (broad SMARTS) is 1. The Bertz CT molecular complexity index is 375. The van der Waals surface area contributed by atoms with Gasteiger partial charge in [-0.05, 0) is 53.8 Å². The number of benzene rings is 1. The van der Waals surface area contributed by atoms with Crippen molar-refractivity contribution in [2.75, 3.05) is 5.32 Å². The van der Waals surface area contributed by atoms with Crippen LogP contribution in [0.15, 0.2) is 24.3 Å². The van der Waals surface area contributed by atoms with Crippen LogP contribution in [0.3, 0.4) is 0 Å². The summed E-state index contributed by atoms with van der Waals surface area (Å²) in [4.78, 5) is 21.9. The molecule has 0 aromatic heterocycles. The molecule has 0 spiro atoms. The lowest BCUT2D eigenvalue weighted by Crippen LogP contribution is -2.26. The van der Waals surface area contributed by atoms with Crippen LogP contribution in [0.5, 0.6) is 0 Å². The van der Waals surface area contributed by atoms with Crippen molar-refractivity contribution >= 4 is 40.2 Å². The van der Waals surface area contributed by atoms with Gasteiger partial charge in [-0.3, -0.25) is 9.59 Å². The average Bonchev–Trinajstić information content (AvgIpc) is 2.20. The van der Waals surface area contributed by atoms with E-state index >= 15 is 0 Å². The van der Waals surface area contributed by atoms with Crippen LogP contribution in [-0.2, 0) is 9.59 Å². The predicted molar refractivity (Wildman–Crippen MR) is 64.6 cm³/mol. The fourth-order valence-electron chi connectivity index (χ4n) is 0.896. The first-order valence-corrected chi connectivity index (χ1v) is 5.38. The molecule has 5 heteroatoms. The van der Waals surface area contributed by atoms with Crippen LogP contribution in [0.4, 0.5) is 5.69 Å². The van der Waals surface area contributed by atoms with Crippen LogP contribution in [0.2, 0.25) is 0 Å². The third-order valence-electron chi connectivity index (χ3n) is 1.88. The molecule has 1 unspecified atom stereocenters. The minimum atomic E-state index is -1.13. The summed E-state index contributed by atoms with van der Waals surface area (Å²) in [6, 6.07) is 7.13. The third-order valence-corrected chi connectivity index (χ3v) is 2.59. The monoisotopic (exact) mass is 319 g/mol. The quantitative estimate of drug-likeness (QED) is 0.661. The maximum Gasteiger partial charge on any atom is 0.315 e. The molecule has 0 bridgehead atoms. The zero-order valence-electron chi connectivity index (χ0n) is 8.03. The molecule has 1 aromatic carbocycles. The minimum absolute atomic E-state index is 0.510. The first-order chi connectivity index (χ1) is 7.00. The van der Waals surface area contributed by atoms with E-state index < -0.39 is 17.8 Å². The van der Waals surface area contributed by atoms with Crippen LogP contribution in [-0.4, -0.2) is 17.0 Å². The Morgan fingerprint density at radius 2 is 1.87 bits per heavy atom. The van der Waals surface area contributed by atoms with Gasteiger partial charge in [-0.25, -0.2) is 0 Å². The average molecular weight is 319 g/mol. The fourth-order valence-corrected chi connectivity index (χ4v) is 1.26. The highest BCUT2D eigenvalue weighted by Gasteiger charge is 2.20. The van der Waals surface area contributed by atoms with Crippen molar-refractivity contribution in [3.8, 4) is 0 Å². The predicted octanol–water partition coefficient (Wildman–Crippen LogP) is 1.95. The molecule has 0 fully saturated rings. The summed E-state index contributed by atoms with van der Waals surface area (Å²) >= 11 is 2.15. The molecule has 0 aliphatic rings. The molecule has 0 radical (unpaired) electrons. The summed E-state index contributed by atoms with van der Waals surface area (Å²) in [6.07, 6.45) is 0. The first kappa shape index (κ1) is 12.0. The van der Waals surface area contributed by atoms with Crippen molar-refractivity contribution < 1.29 is 14.7 Å². The number of rotatable bonds is 3. The van der Waals surface area contributed by atoms with Crippen molar-refractivity contribution in [3.05, 3.63) is 27.8 Å². The lowest BCUT2D eigenvalue weighted by molar-refractivity contribution is -0.144. The third kappa shape index (κ3) is 3.50. The Labute approximate surface area is 101 Å². The number of carbonyl (C=O) groups excluding carboxylic acids is 1. The largest absolute Gasteiger partial charge is 0.481 e. The molecule has 1 aromatic rings.